The standard InChI is InChI=1S/C15H14ClN4O2S/c1-10-7-8-11(9-20(10)2)23(21,22)19-15-14(16)17-12-5-3-4-6-13(12)18-15/h3-9H,1-2H3,(H,18,19)/q+1. The molecule has 0 saturated carbocycles. The molecule has 0 aliphatic carbocycles. The number of sulfonamides is 1. The Morgan fingerprint density at radius 2 is 1.74 bits per heavy atom. The Morgan fingerprint density at radius 3 is 2.39 bits per heavy atom. The average molecular weight is 350 g/mol. The first-order valence-electron chi connectivity index (χ1n) is 6.78. The van der Waals surface area contributed by atoms with Crippen LogP contribution in [0.3, 0.4) is 0 Å². The second kappa shape index (κ2) is 5.75. The van der Waals surface area contributed by atoms with Crippen molar-refractivity contribution in [2.75, 3.05) is 4.72 Å². The Hall–Kier alpha value is -2.25. The third-order valence-corrected chi connectivity index (χ3v) is 5.02. The summed E-state index contributed by atoms with van der Waals surface area (Å²) in [6, 6.07) is 10.4. The number of fused-ring (bicyclic) bond motifs is 1. The highest BCUT2D eigenvalue weighted by Crippen LogP contribution is 2.23. The van der Waals surface area contributed by atoms with Crippen LogP contribution in [0.1, 0.15) is 5.69 Å². The van der Waals surface area contributed by atoms with Gasteiger partial charge >= 0.3 is 0 Å². The van der Waals surface area contributed by atoms with Crippen LogP contribution < -0.4 is 9.29 Å². The highest BCUT2D eigenvalue weighted by Gasteiger charge is 2.21. The number of pyridine rings is 1. The van der Waals surface area contributed by atoms with Gasteiger partial charge < -0.3 is 0 Å². The van der Waals surface area contributed by atoms with Crippen LogP contribution in [0.25, 0.3) is 11.0 Å². The molecule has 2 heterocycles. The maximum absolute atomic E-state index is 12.5. The molecule has 0 fully saturated rings. The molecule has 0 unspecified atom stereocenters. The highest BCUT2D eigenvalue weighted by molar-refractivity contribution is 7.92. The van der Waals surface area contributed by atoms with Crippen LogP contribution in [0.5, 0.6) is 0 Å². The maximum Gasteiger partial charge on any atom is 0.269 e. The first-order valence-corrected chi connectivity index (χ1v) is 8.64. The van der Waals surface area contributed by atoms with E-state index in [0.29, 0.717) is 11.0 Å². The van der Waals surface area contributed by atoms with Crippen molar-refractivity contribution in [3.63, 3.8) is 0 Å². The number of nitrogens with one attached hydrogen (secondary N) is 1. The van der Waals surface area contributed by atoms with Crippen molar-refractivity contribution in [1.82, 2.24) is 9.97 Å². The lowest BCUT2D eigenvalue weighted by Gasteiger charge is -2.09. The van der Waals surface area contributed by atoms with E-state index >= 15 is 0 Å². The van der Waals surface area contributed by atoms with Gasteiger partial charge in [0.05, 0.1) is 11.0 Å². The summed E-state index contributed by atoms with van der Waals surface area (Å²) in [4.78, 5) is 8.51. The Kier molecular flexibility index (Phi) is 3.91. The lowest BCUT2D eigenvalue weighted by atomic mass is 10.3. The molecule has 0 bridgehead atoms. The zero-order chi connectivity index (χ0) is 16.6. The van der Waals surface area contributed by atoms with Gasteiger partial charge in [0.2, 0.25) is 0 Å². The largest absolute Gasteiger partial charge is 0.269 e. The molecule has 3 aromatic rings. The molecule has 1 N–H and O–H groups in total. The van der Waals surface area contributed by atoms with Crippen LogP contribution in [0.4, 0.5) is 5.82 Å². The van der Waals surface area contributed by atoms with E-state index in [9.17, 15) is 8.42 Å². The Labute approximate surface area is 138 Å². The van der Waals surface area contributed by atoms with Gasteiger partial charge in [0.25, 0.3) is 10.0 Å². The molecule has 0 saturated heterocycles. The molecule has 0 spiro atoms. The Bertz CT molecular complexity index is 1010. The molecule has 23 heavy (non-hydrogen) atoms. The van der Waals surface area contributed by atoms with Crippen LogP contribution >= 0.6 is 11.6 Å². The number of benzene rings is 1. The van der Waals surface area contributed by atoms with Crippen molar-refractivity contribution >= 4 is 38.5 Å². The fourth-order valence-electron chi connectivity index (χ4n) is 2.04. The minimum absolute atomic E-state index is 0.00348. The van der Waals surface area contributed by atoms with Gasteiger partial charge in [0, 0.05) is 13.0 Å². The van der Waals surface area contributed by atoms with Gasteiger partial charge in [0.1, 0.15) is 7.05 Å². The molecular weight excluding hydrogens is 336 g/mol. The molecule has 0 amide bonds. The third-order valence-electron chi connectivity index (χ3n) is 3.44. The summed E-state index contributed by atoms with van der Waals surface area (Å²) in [5, 5.41) is 0.00348. The van der Waals surface area contributed by atoms with Crippen molar-refractivity contribution in [3.8, 4) is 0 Å². The van der Waals surface area contributed by atoms with Crippen LogP contribution in [-0.4, -0.2) is 18.4 Å². The van der Waals surface area contributed by atoms with E-state index in [-0.39, 0.29) is 15.9 Å². The lowest BCUT2D eigenvalue weighted by molar-refractivity contribution is -0.679. The topological polar surface area (TPSA) is 75.8 Å². The van der Waals surface area contributed by atoms with Crippen molar-refractivity contribution in [1.29, 1.82) is 0 Å². The van der Waals surface area contributed by atoms with E-state index in [0.717, 1.165) is 5.69 Å². The number of anilines is 1. The van der Waals surface area contributed by atoms with E-state index in [1.165, 1.54) is 12.3 Å². The molecule has 118 valence electrons. The summed E-state index contributed by atoms with van der Waals surface area (Å²) in [7, 11) is -2.03. The maximum atomic E-state index is 12.5. The minimum atomic E-state index is -3.80. The fraction of sp³-hybridized carbons (Fsp3) is 0.133. The first-order chi connectivity index (χ1) is 10.9. The van der Waals surface area contributed by atoms with E-state index in [2.05, 4.69) is 14.7 Å². The zero-order valence-electron chi connectivity index (χ0n) is 12.5. The van der Waals surface area contributed by atoms with Crippen LogP contribution in [0.15, 0.2) is 47.5 Å². The van der Waals surface area contributed by atoms with Gasteiger partial charge in [-0.05, 0) is 18.2 Å². The Balaban J connectivity index is 2.03. The molecule has 8 heteroatoms. The summed E-state index contributed by atoms with van der Waals surface area (Å²) in [6.07, 6.45) is 1.53. The first kappa shape index (κ1) is 15.6. The van der Waals surface area contributed by atoms with E-state index in [1.54, 1.807) is 35.9 Å². The summed E-state index contributed by atoms with van der Waals surface area (Å²) in [6.45, 7) is 1.88. The number of nitrogens with zero attached hydrogens (tertiary/aromatic N) is 3. The highest BCUT2D eigenvalue weighted by atomic mass is 35.5. The van der Waals surface area contributed by atoms with Gasteiger partial charge in [-0.3, -0.25) is 4.72 Å². The predicted octanol–water partition coefficient (Wildman–Crippen LogP) is 2.22. The number of aryl methyl sites for hydroxylation is 2. The molecule has 1 aromatic carbocycles. The number of rotatable bonds is 3. The average Bonchev–Trinajstić information content (AvgIpc) is 2.50. The van der Waals surface area contributed by atoms with Gasteiger partial charge in [0.15, 0.2) is 27.8 Å². The Morgan fingerprint density at radius 1 is 1.09 bits per heavy atom. The van der Waals surface area contributed by atoms with Crippen LogP contribution in [0.2, 0.25) is 5.15 Å². The molecule has 2 aromatic heterocycles. The van der Waals surface area contributed by atoms with Crippen molar-refractivity contribution < 1.29 is 13.0 Å². The molecular formula is C15H14ClN4O2S+. The van der Waals surface area contributed by atoms with Crippen molar-refractivity contribution in [3.05, 3.63) is 53.4 Å². The SMILES string of the molecule is Cc1ccc(S(=O)(=O)Nc2nc3ccccc3nc2Cl)c[n+]1C. The van der Waals surface area contributed by atoms with Crippen LogP contribution in [0, 0.1) is 6.92 Å². The summed E-state index contributed by atoms with van der Waals surface area (Å²) in [5.41, 5.74) is 2.10. The summed E-state index contributed by atoms with van der Waals surface area (Å²) < 4.78 is 29.1. The van der Waals surface area contributed by atoms with E-state index in [1.807, 2.05) is 13.0 Å². The van der Waals surface area contributed by atoms with E-state index < -0.39 is 10.0 Å². The second-order valence-electron chi connectivity index (χ2n) is 5.07. The van der Waals surface area contributed by atoms with Crippen LogP contribution in [-0.2, 0) is 17.1 Å². The molecule has 6 nitrogen and oxygen atoms in total. The minimum Gasteiger partial charge on any atom is -0.261 e. The van der Waals surface area contributed by atoms with Crippen molar-refractivity contribution in [2.24, 2.45) is 7.05 Å². The third kappa shape index (κ3) is 3.11. The van der Waals surface area contributed by atoms with Gasteiger partial charge in [-0.15, -0.1) is 0 Å². The number of hydrogen-bond donors (Lipinski definition) is 1. The number of halogens is 1. The number of hydrogen-bond acceptors (Lipinski definition) is 4. The smallest absolute Gasteiger partial charge is 0.261 e. The fourth-order valence-corrected chi connectivity index (χ4v) is 3.34. The van der Waals surface area contributed by atoms with Gasteiger partial charge in [-0.1, -0.05) is 23.7 Å². The quantitative estimate of drug-likeness (QED) is 0.736. The monoisotopic (exact) mass is 349 g/mol. The molecule has 0 aliphatic rings. The summed E-state index contributed by atoms with van der Waals surface area (Å²) >= 11 is 6.05. The zero-order valence-corrected chi connectivity index (χ0v) is 14.1. The molecule has 0 atom stereocenters. The number of para-hydroxylation sites is 2. The van der Waals surface area contributed by atoms with Gasteiger partial charge in [-0.2, -0.15) is 0 Å². The second-order valence-corrected chi connectivity index (χ2v) is 7.11. The van der Waals surface area contributed by atoms with Crippen molar-refractivity contribution in [2.45, 2.75) is 11.8 Å². The lowest BCUT2D eigenvalue weighted by Crippen LogP contribution is -2.33. The normalized spacial score (nSPS) is 11.6. The molecule has 0 aliphatic heterocycles. The molecule has 3 rings (SSSR count). The molecule has 0 radical (unpaired) electrons. The van der Waals surface area contributed by atoms with Gasteiger partial charge in [-0.25, -0.2) is 23.0 Å². The number of aromatic nitrogens is 3. The predicted molar refractivity (Wildman–Crippen MR) is 87.7 cm³/mol. The van der Waals surface area contributed by atoms with E-state index in [4.69, 9.17) is 11.6 Å². The summed E-state index contributed by atoms with van der Waals surface area (Å²) in [5.74, 6) is 0.00796.